The van der Waals surface area contributed by atoms with Crippen LogP contribution in [0.15, 0.2) is 113 Å². The lowest BCUT2D eigenvalue weighted by molar-refractivity contribution is -0.148. The second-order valence-corrected chi connectivity index (χ2v) is 17.7. The van der Waals surface area contributed by atoms with E-state index in [0.717, 1.165) is 28.0 Å². The number of thiazole rings is 1. The number of hydrogen-bond donors (Lipinski definition) is 3. The molecule has 4 N–H and O–H groups in total. The highest BCUT2D eigenvalue weighted by atomic mass is 32.2. The van der Waals surface area contributed by atoms with Crippen molar-refractivity contribution in [1.29, 1.82) is 0 Å². The van der Waals surface area contributed by atoms with Crippen LogP contribution in [0.3, 0.4) is 0 Å². The number of hydrogen-bond acceptors (Lipinski definition) is 11. The van der Waals surface area contributed by atoms with Crippen LogP contribution in [0.2, 0.25) is 0 Å². The number of aliphatic carboxylic acids is 1. The van der Waals surface area contributed by atoms with E-state index in [9.17, 15) is 29.1 Å². The maximum atomic E-state index is 14.3. The highest BCUT2D eigenvalue weighted by molar-refractivity contribution is 8.19. The topological polar surface area (TPSA) is 197 Å². The van der Waals surface area contributed by atoms with Gasteiger partial charge < -0.3 is 35.5 Å². The maximum Gasteiger partial charge on any atom is 0.409 e. The van der Waals surface area contributed by atoms with Crippen molar-refractivity contribution >= 4 is 67.4 Å². The van der Waals surface area contributed by atoms with Crippen molar-refractivity contribution in [3.8, 4) is 0 Å². The Morgan fingerprint density at radius 1 is 0.951 bits per heavy atom. The Hall–Kier alpha value is -6.33. The molecule has 1 unspecified atom stereocenters. The number of anilines is 1. The first kappa shape index (κ1) is 41.4. The number of ether oxygens (including phenoxy) is 1. The molecule has 4 aliphatic heterocycles. The predicted octanol–water partition coefficient (Wildman–Crippen LogP) is 4.76. The number of nitrogens with one attached hydrogen (secondary N) is 1. The largest absolute Gasteiger partial charge is 0.476 e. The average Bonchev–Trinajstić information content (AvgIpc) is 3.89. The van der Waals surface area contributed by atoms with Crippen molar-refractivity contribution in [2.45, 2.75) is 56.3 Å². The summed E-state index contributed by atoms with van der Waals surface area (Å²) in [5.74, 6) is -2.37. The molecule has 4 amide bonds. The number of oxime groups is 1. The normalized spacial score (nSPS) is 21.6. The Morgan fingerprint density at radius 2 is 1.56 bits per heavy atom. The van der Waals surface area contributed by atoms with Gasteiger partial charge in [-0.25, -0.2) is 14.6 Å². The molecule has 3 atom stereocenters. The van der Waals surface area contributed by atoms with Crippen LogP contribution in [0.4, 0.5) is 9.93 Å². The molecule has 17 heteroatoms. The van der Waals surface area contributed by atoms with E-state index in [2.05, 4.69) is 15.5 Å². The van der Waals surface area contributed by atoms with Gasteiger partial charge in [-0.15, -0.1) is 21.8 Å². The molecule has 0 spiro atoms. The first-order chi connectivity index (χ1) is 29.6. The first-order valence-electron chi connectivity index (χ1n) is 20.1. The van der Waals surface area contributed by atoms with Gasteiger partial charge in [-0.3, -0.25) is 19.3 Å². The molecule has 4 aromatic rings. The van der Waals surface area contributed by atoms with Crippen molar-refractivity contribution < 1.29 is 38.7 Å². The minimum Gasteiger partial charge on any atom is -0.476 e. The van der Waals surface area contributed by atoms with Crippen LogP contribution in [0.5, 0.6) is 0 Å². The van der Waals surface area contributed by atoms with Gasteiger partial charge in [-0.1, -0.05) is 96.2 Å². The number of carbonyl (C=O) groups excluding carboxylic acids is 4. The molecule has 61 heavy (non-hydrogen) atoms. The Balaban J connectivity index is 1.04. The third kappa shape index (κ3) is 8.02. The standard InChI is InChI=1S/C44H45N7O8S2/c1-2-58-43(57)49-22-19-32(20-23-49)50-24-18-28(38(50)53)27-61-25-21-34-36(39(54)51(34)40(61)41(55)56)47-37(52)35(33-26-60-42(45)46-33)48-59-44(29-12-6-3-7-13-29,30-14-8-4-9-15-30)31-16-10-5-11-17-31/h3-17,26-27,32,34,36H,2,18-25H2,1H3,(H2,45,46)(H,47,52)(H,55,56)/t34-,36-,61?/m1/s1. The Bertz CT molecular complexity index is 2320. The van der Waals surface area contributed by atoms with E-state index in [4.69, 9.17) is 15.3 Å². The fraction of sp³-hybridized carbons (Fsp3) is 0.318. The van der Waals surface area contributed by atoms with Gasteiger partial charge in [0.25, 0.3) is 17.7 Å². The van der Waals surface area contributed by atoms with Crippen molar-refractivity contribution in [2.75, 3.05) is 37.7 Å². The third-order valence-corrected chi connectivity index (χ3v) is 14.2. The molecule has 0 saturated carbocycles. The summed E-state index contributed by atoms with van der Waals surface area (Å²) in [7, 11) is -1.04. The zero-order valence-electron chi connectivity index (χ0n) is 33.3. The van der Waals surface area contributed by atoms with E-state index in [1.54, 1.807) is 22.6 Å². The fourth-order valence-electron chi connectivity index (χ4n) is 8.49. The number of carbonyl (C=O) groups is 5. The van der Waals surface area contributed by atoms with Crippen molar-refractivity contribution in [3.63, 3.8) is 0 Å². The predicted molar refractivity (Wildman–Crippen MR) is 232 cm³/mol. The molecule has 1 aromatic heterocycles. The van der Waals surface area contributed by atoms with E-state index in [0.29, 0.717) is 63.3 Å². The smallest absolute Gasteiger partial charge is 0.409 e. The number of benzene rings is 3. The zero-order chi connectivity index (χ0) is 42.7. The number of carboxylic acid groups (broad SMARTS) is 1. The van der Waals surface area contributed by atoms with Gasteiger partial charge in [0.15, 0.2) is 15.8 Å². The minimum atomic E-state index is -1.32. The van der Waals surface area contributed by atoms with E-state index in [1.807, 2.05) is 95.9 Å². The van der Waals surface area contributed by atoms with Gasteiger partial charge in [-0.2, -0.15) is 0 Å². The molecule has 4 aliphatic rings. The SMILES string of the molecule is CCOC(=O)N1CCC(N2CCC(=CS3=C(C(=O)O)N4C(=O)[C@H](NC(=O)C(=NOC(c5ccccc5)(c5ccccc5)c5ccccc5)c5csc(N)n5)[C@H]4CC3)C2=O)CC1. The highest BCUT2D eigenvalue weighted by Crippen LogP contribution is 2.42. The number of rotatable bonds is 12. The van der Waals surface area contributed by atoms with Crippen LogP contribution < -0.4 is 11.1 Å². The zero-order valence-corrected chi connectivity index (χ0v) is 35.0. The number of nitrogen functional groups attached to an aromatic ring is 1. The lowest BCUT2D eigenvalue weighted by atomic mass is 9.80. The summed E-state index contributed by atoms with van der Waals surface area (Å²) in [6.07, 6.45) is 1.72. The number of amides is 4. The summed E-state index contributed by atoms with van der Waals surface area (Å²) in [6.45, 7) is 3.52. The first-order valence-corrected chi connectivity index (χ1v) is 22.5. The van der Waals surface area contributed by atoms with Gasteiger partial charge in [-0.05, 0) is 43.8 Å². The number of nitrogens with zero attached hydrogens (tertiary/aromatic N) is 5. The molecular weight excluding hydrogens is 819 g/mol. The molecule has 3 fully saturated rings. The van der Waals surface area contributed by atoms with E-state index in [-0.39, 0.29) is 39.6 Å². The monoisotopic (exact) mass is 863 g/mol. The summed E-state index contributed by atoms with van der Waals surface area (Å²) in [4.78, 5) is 82.4. The Morgan fingerprint density at radius 3 is 2.10 bits per heavy atom. The van der Waals surface area contributed by atoms with Gasteiger partial charge in [0.2, 0.25) is 5.60 Å². The number of likely N-dealkylation sites (tertiary alicyclic amines) is 2. The van der Waals surface area contributed by atoms with Gasteiger partial charge >= 0.3 is 12.1 Å². The van der Waals surface area contributed by atoms with Gasteiger partial charge in [0.05, 0.1) is 12.6 Å². The van der Waals surface area contributed by atoms with E-state index >= 15 is 0 Å². The molecule has 0 bridgehead atoms. The number of nitrogens with two attached hydrogens (primary N) is 1. The Kier molecular flexibility index (Phi) is 12.0. The molecule has 5 heterocycles. The molecule has 15 nitrogen and oxygen atoms in total. The second kappa shape index (κ2) is 17.7. The lowest BCUT2D eigenvalue weighted by Crippen LogP contribution is -2.74. The second-order valence-electron chi connectivity index (χ2n) is 14.9. The Labute approximate surface area is 358 Å². The van der Waals surface area contributed by atoms with Crippen molar-refractivity contribution in [3.05, 3.63) is 130 Å². The van der Waals surface area contributed by atoms with Crippen LogP contribution >= 0.6 is 21.8 Å². The molecule has 0 radical (unpaired) electrons. The fourth-order valence-corrected chi connectivity index (χ4v) is 11.2. The summed E-state index contributed by atoms with van der Waals surface area (Å²) in [5, 5.41) is 21.3. The van der Waals surface area contributed by atoms with Crippen LogP contribution in [0, 0.1) is 0 Å². The molecule has 0 aliphatic carbocycles. The van der Waals surface area contributed by atoms with Crippen LogP contribution in [0.25, 0.3) is 0 Å². The lowest BCUT2D eigenvalue weighted by Gasteiger charge is -2.50. The van der Waals surface area contributed by atoms with Gasteiger partial charge in [0, 0.05) is 53.3 Å². The molecule has 3 aromatic carbocycles. The van der Waals surface area contributed by atoms with Crippen LogP contribution in [-0.4, -0.2) is 115 Å². The van der Waals surface area contributed by atoms with Crippen LogP contribution in [0.1, 0.15) is 55.0 Å². The number of fused-ring (bicyclic) bond motifs is 1. The number of carboxylic acids is 1. The average molecular weight is 864 g/mol. The minimum absolute atomic E-state index is 0.0432. The van der Waals surface area contributed by atoms with Gasteiger partial charge in [0.1, 0.15) is 11.7 Å². The number of β-lactam (4-membered cyclic amide) rings is 1. The molecular formula is C44H45N7O8S2. The molecule has 3 saturated heterocycles. The maximum absolute atomic E-state index is 14.3. The summed E-state index contributed by atoms with van der Waals surface area (Å²) >= 11 is 1.11. The number of piperidine rings is 1. The van der Waals surface area contributed by atoms with E-state index in [1.165, 1.54) is 4.90 Å². The van der Waals surface area contributed by atoms with Crippen molar-refractivity contribution in [1.82, 2.24) is 25.0 Å². The summed E-state index contributed by atoms with van der Waals surface area (Å²) < 4.78 is 5.12. The molecule has 316 valence electrons. The summed E-state index contributed by atoms with van der Waals surface area (Å²) in [6, 6.07) is 26.8. The van der Waals surface area contributed by atoms with Crippen molar-refractivity contribution in [2.24, 2.45) is 5.16 Å². The number of aromatic nitrogens is 1. The quantitative estimate of drug-likeness (QED) is 0.0446. The molecule has 8 rings (SSSR count). The highest BCUT2D eigenvalue weighted by Gasteiger charge is 2.54. The summed E-state index contributed by atoms with van der Waals surface area (Å²) in [5.41, 5.74) is 7.38. The third-order valence-electron chi connectivity index (χ3n) is 11.5. The van der Waals surface area contributed by atoms with E-state index < -0.39 is 46.0 Å². The van der Waals surface area contributed by atoms with Crippen LogP contribution in [-0.2, 0) is 34.4 Å².